The molecule has 0 bridgehead atoms. The van der Waals surface area contributed by atoms with Crippen LogP contribution in [-0.4, -0.2) is 32.4 Å². The van der Waals surface area contributed by atoms with Gasteiger partial charge < -0.3 is 5.11 Å². The number of aromatic nitrogens is 2. The number of aliphatic hydroxyl groups excluding tert-OH is 1. The number of nitrogens with zero attached hydrogens (tertiary/aromatic N) is 3. The number of aryl methyl sites for hydroxylation is 3. The number of fused-ring (bicyclic) bond motifs is 1. The zero-order valence-corrected chi connectivity index (χ0v) is 20.5. The van der Waals surface area contributed by atoms with Crippen LogP contribution in [0.5, 0.6) is 0 Å². The highest BCUT2D eigenvalue weighted by Gasteiger charge is 2.28. The van der Waals surface area contributed by atoms with Gasteiger partial charge in [-0.05, 0) is 67.5 Å². The van der Waals surface area contributed by atoms with Gasteiger partial charge in [-0.25, -0.2) is 4.68 Å². The molecule has 0 fully saturated rings. The molecule has 0 saturated heterocycles. The van der Waals surface area contributed by atoms with Crippen LogP contribution in [0.15, 0.2) is 40.9 Å². The van der Waals surface area contributed by atoms with Gasteiger partial charge >= 0.3 is 0 Å². The van der Waals surface area contributed by atoms with Gasteiger partial charge in [-0.1, -0.05) is 54.0 Å². The highest BCUT2D eigenvalue weighted by Crippen LogP contribution is 2.30. The van der Waals surface area contributed by atoms with Gasteiger partial charge in [0.15, 0.2) is 0 Å². The Hall–Kier alpha value is -1.95. The highest BCUT2D eigenvalue weighted by atomic mass is 79.9. The third-order valence-corrected chi connectivity index (χ3v) is 7.80. The second-order valence-corrected chi connectivity index (χ2v) is 9.39. The lowest BCUT2D eigenvalue weighted by Crippen LogP contribution is -2.42. The van der Waals surface area contributed by atoms with Crippen LogP contribution in [0.25, 0.3) is 5.69 Å². The van der Waals surface area contributed by atoms with E-state index >= 15 is 0 Å². The number of hydrogen-bond acceptors (Lipinski definition) is 3. The Morgan fingerprint density at radius 2 is 1.74 bits per heavy atom. The maximum absolute atomic E-state index is 10.1. The van der Waals surface area contributed by atoms with E-state index in [0.29, 0.717) is 0 Å². The van der Waals surface area contributed by atoms with E-state index in [4.69, 9.17) is 5.10 Å². The van der Waals surface area contributed by atoms with Gasteiger partial charge in [-0.3, -0.25) is 4.90 Å². The van der Waals surface area contributed by atoms with Gasteiger partial charge in [0.05, 0.1) is 18.0 Å². The van der Waals surface area contributed by atoms with Gasteiger partial charge in [-0.2, -0.15) is 5.10 Å². The van der Waals surface area contributed by atoms with Crippen LogP contribution in [-0.2, 0) is 32.4 Å². The Morgan fingerprint density at radius 3 is 2.35 bits per heavy atom. The van der Waals surface area contributed by atoms with Crippen LogP contribution < -0.4 is 0 Å². The molecule has 2 heterocycles. The standard InChI is InChI=1S/C26H32BrN3O/c1-5-24-23(15-29-14-20-10-8-7-9-19(20)13-22(29)16-31)25(6-2)30(28-24)21-11-17(3)26(27)18(4)12-21/h7-12,22,31H,5-6,13-16H2,1-4H3/t22-/m1/s1. The van der Waals surface area contributed by atoms with Gasteiger partial charge in [-0.15, -0.1) is 0 Å². The van der Waals surface area contributed by atoms with E-state index in [1.807, 2.05) is 0 Å². The maximum atomic E-state index is 10.1. The molecule has 0 saturated carbocycles. The number of benzene rings is 2. The lowest BCUT2D eigenvalue weighted by Gasteiger charge is -2.36. The highest BCUT2D eigenvalue weighted by molar-refractivity contribution is 9.10. The minimum absolute atomic E-state index is 0.143. The summed E-state index contributed by atoms with van der Waals surface area (Å²) >= 11 is 3.69. The molecular formula is C26H32BrN3O. The van der Waals surface area contributed by atoms with Crippen molar-refractivity contribution in [3.63, 3.8) is 0 Å². The molecule has 4 rings (SSSR count). The molecule has 4 nitrogen and oxygen atoms in total. The minimum atomic E-state index is 0.143. The molecule has 31 heavy (non-hydrogen) atoms. The van der Waals surface area contributed by atoms with Crippen molar-refractivity contribution in [3.05, 3.63) is 80.1 Å². The van der Waals surface area contributed by atoms with Gasteiger partial charge in [0.1, 0.15) is 0 Å². The molecule has 1 aliphatic rings. The second-order valence-electron chi connectivity index (χ2n) is 8.60. The number of hydrogen-bond donors (Lipinski definition) is 1. The fourth-order valence-corrected chi connectivity index (χ4v) is 5.06. The van der Waals surface area contributed by atoms with Gasteiger partial charge in [0, 0.05) is 34.9 Å². The number of aliphatic hydroxyl groups is 1. The smallest absolute Gasteiger partial charge is 0.0674 e. The summed E-state index contributed by atoms with van der Waals surface area (Å²) in [4.78, 5) is 2.43. The summed E-state index contributed by atoms with van der Waals surface area (Å²) in [5.41, 5.74) is 10.1. The Bertz CT molecular complexity index is 1070. The third-order valence-electron chi connectivity index (χ3n) is 6.54. The van der Waals surface area contributed by atoms with Crippen molar-refractivity contribution in [1.29, 1.82) is 0 Å². The van der Waals surface area contributed by atoms with Crippen LogP contribution in [0, 0.1) is 13.8 Å². The quantitative estimate of drug-likeness (QED) is 0.519. The predicted molar refractivity (Wildman–Crippen MR) is 130 cm³/mol. The van der Waals surface area contributed by atoms with Crippen LogP contribution >= 0.6 is 15.9 Å². The SMILES string of the molecule is CCc1nn(-c2cc(C)c(Br)c(C)c2)c(CC)c1CN1Cc2ccccc2C[C@@H]1CO. The first-order valence-electron chi connectivity index (χ1n) is 11.2. The van der Waals surface area contributed by atoms with E-state index in [1.54, 1.807) is 0 Å². The van der Waals surface area contributed by atoms with E-state index in [9.17, 15) is 5.11 Å². The molecule has 1 N–H and O–H groups in total. The molecule has 1 atom stereocenters. The molecule has 0 spiro atoms. The fourth-order valence-electron chi connectivity index (χ4n) is 4.83. The van der Waals surface area contributed by atoms with Crippen molar-refractivity contribution < 1.29 is 5.11 Å². The van der Waals surface area contributed by atoms with Gasteiger partial charge in [0.25, 0.3) is 0 Å². The van der Waals surface area contributed by atoms with E-state index in [0.717, 1.165) is 48.2 Å². The molecule has 1 aliphatic heterocycles. The first kappa shape index (κ1) is 22.3. The first-order chi connectivity index (χ1) is 15.0. The van der Waals surface area contributed by atoms with Crippen LogP contribution in [0.3, 0.4) is 0 Å². The zero-order valence-electron chi connectivity index (χ0n) is 19.0. The molecule has 0 aliphatic carbocycles. The predicted octanol–water partition coefficient (Wildman–Crippen LogP) is 5.30. The lowest BCUT2D eigenvalue weighted by molar-refractivity contribution is 0.0991. The summed E-state index contributed by atoms with van der Waals surface area (Å²) in [6.45, 7) is 10.5. The summed E-state index contributed by atoms with van der Waals surface area (Å²) in [7, 11) is 0. The average molecular weight is 482 g/mol. The maximum Gasteiger partial charge on any atom is 0.0674 e. The van der Waals surface area contributed by atoms with Crippen LogP contribution in [0.2, 0.25) is 0 Å². The lowest BCUT2D eigenvalue weighted by atomic mass is 9.93. The molecule has 3 aromatic rings. The summed E-state index contributed by atoms with van der Waals surface area (Å²) in [6.07, 6.45) is 2.72. The molecule has 164 valence electrons. The molecule has 1 aromatic heterocycles. The van der Waals surface area contributed by atoms with E-state index in [-0.39, 0.29) is 12.6 Å². The fraction of sp³-hybridized carbons (Fsp3) is 0.423. The summed E-state index contributed by atoms with van der Waals surface area (Å²) in [6, 6.07) is 13.2. The van der Waals surface area contributed by atoms with E-state index in [2.05, 4.69) is 89.6 Å². The van der Waals surface area contributed by atoms with Crippen molar-refractivity contribution >= 4 is 15.9 Å². The van der Waals surface area contributed by atoms with Crippen molar-refractivity contribution in [2.24, 2.45) is 0 Å². The molecule has 0 amide bonds. The van der Waals surface area contributed by atoms with Crippen molar-refractivity contribution in [2.45, 2.75) is 66.1 Å². The van der Waals surface area contributed by atoms with Crippen LogP contribution in [0.1, 0.15) is 53.1 Å². The molecule has 5 heteroatoms. The zero-order chi connectivity index (χ0) is 22.1. The molecule has 0 unspecified atom stereocenters. The Labute approximate surface area is 194 Å². The van der Waals surface area contributed by atoms with Crippen LogP contribution in [0.4, 0.5) is 0 Å². The first-order valence-corrected chi connectivity index (χ1v) is 12.0. The summed E-state index contributed by atoms with van der Waals surface area (Å²) in [5.74, 6) is 0. The molecular weight excluding hydrogens is 450 g/mol. The average Bonchev–Trinajstić information content (AvgIpc) is 3.13. The van der Waals surface area contributed by atoms with Crippen molar-refractivity contribution in [1.82, 2.24) is 14.7 Å². The largest absolute Gasteiger partial charge is 0.395 e. The normalized spacial score (nSPS) is 16.5. The van der Waals surface area contributed by atoms with Gasteiger partial charge in [0.2, 0.25) is 0 Å². The molecule has 2 aromatic carbocycles. The number of rotatable bonds is 6. The van der Waals surface area contributed by atoms with E-state index in [1.165, 1.54) is 33.5 Å². The Morgan fingerprint density at radius 1 is 1.06 bits per heavy atom. The summed E-state index contributed by atoms with van der Waals surface area (Å²) in [5, 5.41) is 15.2. The molecule has 0 radical (unpaired) electrons. The topological polar surface area (TPSA) is 41.3 Å². The summed E-state index contributed by atoms with van der Waals surface area (Å²) < 4.78 is 3.31. The Balaban J connectivity index is 1.74. The van der Waals surface area contributed by atoms with E-state index < -0.39 is 0 Å². The van der Waals surface area contributed by atoms with Crippen molar-refractivity contribution in [2.75, 3.05) is 6.61 Å². The number of halogens is 1. The minimum Gasteiger partial charge on any atom is -0.395 e. The second kappa shape index (κ2) is 9.27. The Kier molecular flexibility index (Phi) is 6.65. The van der Waals surface area contributed by atoms with Crippen molar-refractivity contribution in [3.8, 4) is 5.69 Å². The monoisotopic (exact) mass is 481 g/mol. The third kappa shape index (κ3) is 4.23.